The van der Waals surface area contributed by atoms with Crippen molar-refractivity contribution in [3.63, 3.8) is 0 Å². The van der Waals surface area contributed by atoms with E-state index in [-0.39, 0.29) is 22.6 Å². The Labute approximate surface area is 119 Å². The number of methoxy groups -OCH3 is 1. The molecule has 0 spiro atoms. The minimum Gasteiger partial charge on any atom is -0.478 e. The van der Waals surface area contributed by atoms with Crippen LogP contribution in [0.25, 0.3) is 10.9 Å². The highest BCUT2D eigenvalue weighted by Crippen LogP contribution is 2.31. The standard InChI is InChI=1S/C15H13F2NO3/c1-21-8-2-3-12-9(6-8)13(15(19)20)10-4-7(16)5-11(17)14(10)18-12/h4-5,8H,2-3,6H2,1H3,(H,19,20). The van der Waals surface area contributed by atoms with E-state index in [1.54, 1.807) is 7.11 Å². The van der Waals surface area contributed by atoms with Crippen LogP contribution in [0.4, 0.5) is 8.78 Å². The van der Waals surface area contributed by atoms with Crippen molar-refractivity contribution in [2.45, 2.75) is 25.4 Å². The zero-order valence-electron chi connectivity index (χ0n) is 11.3. The van der Waals surface area contributed by atoms with Crippen molar-refractivity contribution in [1.29, 1.82) is 0 Å². The van der Waals surface area contributed by atoms with Gasteiger partial charge in [0.1, 0.15) is 11.3 Å². The molecule has 3 rings (SSSR count). The van der Waals surface area contributed by atoms with E-state index in [4.69, 9.17) is 4.74 Å². The summed E-state index contributed by atoms with van der Waals surface area (Å²) in [6, 6.07) is 1.74. The Kier molecular flexibility index (Phi) is 3.33. The van der Waals surface area contributed by atoms with Gasteiger partial charge in [0.25, 0.3) is 0 Å². The Morgan fingerprint density at radius 2 is 2.19 bits per heavy atom. The molecule has 1 N–H and O–H groups in total. The topological polar surface area (TPSA) is 59.4 Å². The number of aromatic carboxylic acids is 1. The van der Waals surface area contributed by atoms with Gasteiger partial charge in [0.15, 0.2) is 5.82 Å². The number of aromatic nitrogens is 1. The summed E-state index contributed by atoms with van der Waals surface area (Å²) < 4.78 is 32.6. The van der Waals surface area contributed by atoms with Gasteiger partial charge in [-0.3, -0.25) is 0 Å². The molecule has 0 fully saturated rings. The Morgan fingerprint density at radius 3 is 2.86 bits per heavy atom. The summed E-state index contributed by atoms with van der Waals surface area (Å²) in [6.45, 7) is 0. The van der Waals surface area contributed by atoms with Crippen LogP contribution in [0.2, 0.25) is 0 Å². The first-order valence-electron chi connectivity index (χ1n) is 6.58. The number of nitrogens with zero attached hydrogens (tertiary/aromatic N) is 1. The molecule has 1 unspecified atom stereocenters. The summed E-state index contributed by atoms with van der Waals surface area (Å²) in [5.41, 5.74) is 0.898. The number of hydrogen-bond donors (Lipinski definition) is 1. The largest absolute Gasteiger partial charge is 0.478 e. The van der Waals surface area contributed by atoms with Gasteiger partial charge in [0.2, 0.25) is 0 Å². The summed E-state index contributed by atoms with van der Waals surface area (Å²) >= 11 is 0. The highest BCUT2D eigenvalue weighted by molar-refractivity contribution is 6.04. The number of carboxylic acid groups (broad SMARTS) is 1. The third-order valence-corrected chi connectivity index (χ3v) is 3.88. The lowest BCUT2D eigenvalue weighted by Crippen LogP contribution is -2.25. The fourth-order valence-corrected chi connectivity index (χ4v) is 2.88. The lowest BCUT2D eigenvalue weighted by atomic mass is 9.88. The predicted molar refractivity (Wildman–Crippen MR) is 71.4 cm³/mol. The Hall–Kier alpha value is -2.08. The molecule has 1 aliphatic rings. The fourth-order valence-electron chi connectivity index (χ4n) is 2.88. The van der Waals surface area contributed by atoms with E-state index in [9.17, 15) is 18.7 Å². The molecule has 0 saturated carbocycles. The minimum atomic E-state index is -1.21. The lowest BCUT2D eigenvalue weighted by Gasteiger charge is -2.25. The normalized spacial score (nSPS) is 17.8. The van der Waals surface area contributed by atoms with Gasteiger partial charge in [0.05, 0.1) is 11.7 Å². The molecular formula is C15H13F2NO3. The summed E-state index contributed by atoms with van der Waals surface area (Å²) in [6.07, 6.45) is 1.49. The molecule has 6 heteroatoms. The summed E-state index contributed by atoms with van der Waals surface area (Å²) in [5.74, 6) is -2.87. The number of hydrogen-bond acceptors (Lipinski definition) is 3. The number of carboxylic acids is 1. The molecular weight excluding hydrogens is 280 g/mol. The summed E-state index contributed by atoms with van der Waals surface area (Å²) in [5, 5.41) is 9.46. The van der Waals surface area contributed by atoms with Gasteiger partial charge in [-0.05, 0) is 24.5 Å². The second-order valence-corrected chi connectivity index (χ2v) is 5.10. The average molecular weight is 293 g/mol. The third kappa shape index (κ3) is 2.25. The number of aryl methyl sites for hydroxylation is 1. The number of carbonyl (C=O) groups is 1. The van der Waals surface area contributed by atoms with E-state index in [1.165, 1.54) is 0 Å². The van der Waals surface area contributed by atoms with Gasteiger partial charge in [-0.1, -0.05) is 0 Å². The SMILES string of the molecule is COC1CCc2nc3c(F)cc(F)cc3c(C(=O)O)c2C1. The van der Waals surface area contributed by atoms with Gasteiger partial charge >= 0.3 is 5.97 Å². The van der Waals surface area contributed by atoms with Crippen molar-refractivity contribution in [3.05, 3.63) is 40.6 Å². The molecule has 0 aliphatic heterocycles. The second-order valence-electron chi connectivity index (χ2n) is 5.10. The average Bonchev–Trinajstić information content (AvgIpc) is 2.44. The number of fused-ring (bicyclic) bond motifs is 2. The van der Waals surface area contributed by atoms with Crippen LogP contribution >= 0.6 is 0 Å². The number of benzene rings is 1. The van der Waals surface area contributed by atoms with Gasteiger partial charge in [-0.25, -0.2) is 18.6 Å². The van der Waals surface area contributed by atoms with Crippen LogP contribution in [0.15, 0.2) is 12.1 Å². The smallest absolute Gasteiger partial charge is 0.336 e. The first-order chi connectivity index (χ1) is 10.0. The molecule has 1 atom stereocenters. The zero-order chi connectivity index (χ0) is 15.1. The highest BCUT2D eigenvalue weighted by Gasteiger charge is 2.27. The van der Waals surface area contributed by atoms with E-state index in [0.717, 1.165) is 6.07 Å². The van der Waals surface area contributed by atoms with Gasteiger partial charge in [0, 0.05) is 30.7 Å². The van der Waals surface area contributed by atoms with E-state index in [0.29, 0.717) is 36.6 Å². The zero-order valence-corrected chi connectivity index (χ0v) is 11.3. The maximum atomic E-state index is 13.9. The fraction of sp³-hybridized carbons (Fsp3) is 0.333. The molecule has 21 heavy (non-hydrogen) atoms. The van der Waals surface area contributed by atoms with Crippen LogP contribution in [0.3, 0.4) is 0 Å². The first-order valence-corrected chi connectivity index (χ1v) is 6.58. The Bertz CT molecular complexity index is 746. The molecule has 0 saturated heterocycles. The highest BCUT2D eigenvalue weighted by atomic mass is 19.1. The van der Waals surface area contributed by atoms with Gasteiger partial charge < -0.3 is 9.84 Å². The number of pyridine rings is 1. The molecule has 1 aromatic carbocycles. The van der Waals surface area contributed by atoms with E-state index < -0.39 is 17.6 Å². The molecule has 110 valence electrons. The Morgan fingerprint density at radius 1 is 1.43 bits per heavy atom. The van der Waals surface area contributed by atoms with Gasteiger partial charge in [-0.2, -0.15) is 0 Å². The van der Waals surface area contributed by atoms with Crippen molar-refractivity contribution in [2.24, 2.45) is 0 Å². The van der Waals surface area contributed by atoms with Gasteiger partial charge in [-0.15, -0.1) is 0 Å². The minimum absolute atomic E-state index is 0.00416. The lowest BCUT2D eigenvalue weighted by molar-refractivity contribution is 0.0690. The molecule has 1 heterocycles. The van der Waals surface area contributed by atoms with Crippen LogP contribution in [-0.2, 0) is 17.6 Å². The monoisotopic (exact) mass is 293 g/mol. The van der Waals surface area contributed by atoms with E-state index >= 15 is 0 Å². The maximum absolute atomic E-state index is 13.9. The van der Waals surface area contributed by atoms with Crippen molar-refractivity contribution in [3.8, 4) is 0 Å². The molecule has 0 bridgehead atoms. The van der Waals surface area contributed by atoms with Crippen molar-refractivity contribution < 1.29 is 23.4 Å². The molecule has 0 amide bonds. The Balaban J connectivity index is 2.35. The first kappa shape index (κ1) is 13.9. The molecule has 0 radical (unpaired) electrons. The van der Waals surface area contributed by atoms with Crippen LogP contribution in [0.5, 0.6) is 0 Å². The molecule has 1 aliphatic carbocycles. The van der Waals surface area contributed by atoms with E-state index in [1.807, 2.05) is 0 Å². The van der Waals surface area contributed by atoms with Crippen LogP contribution < -0.4 is 0 Å². The molecule has 2 aromatic rings. The quantitative estimate of drug-likeness (QED) is 0.925. The number of halogens is 2. The summed E-state index contributed by atoms with van der Waals surface area (Å²) in [4.78, 5) is 15.8. The van der Waals surface area contributed by atoms with Crippen molar-refractivity contribution in [2.75, 3.05) is 7.11 Å². The van der Waals surface area contributed by atoms with Crippen LogP contribution in [0, 0.1) is 11.6 Å². The molecule has 1 aromatic heterocycles. The predicted octanol–water partition coefficient (Wildman–Crippen LogP) is 2.71. The van der Waals surface area contributed by atoms with E-state index in [2.05, 4.69) is 4.98 Å². The van der Waals surface area contributed by atoms with Crippen molar-refractivity contribution in [1.82, 2.24) is 4.98 Å². The maximum Gasteiger partial charge on any atom is 0.336 e. The molecule has 4 nitrogen and oxygen atoms in total. The second kappa shape index (κ2) is 5.04. The summed E-state index contributed by atoms with van der Waals surface area (Å²) in [7, 11) is 1.56. The van der Waals surface area contributed by atoms with Crippen LogP contribution in [-0.4, -0.2) is 29.3 Å². The number of ether oxygens (including phenoxy) is 1. The third-order valence-electron chi connectivity index (χ3n) is 3.88. The van der Waals surface area contributed by atoms with Crippen molar-refractivity contribution >= 4 is 16.9 Å². The number of rotatable bonds is 2. The van der Waals surface area contributed by atoms with Crippen LogP contribution in [0.1, 0.15) is 28.0 Å².